The second-order valence-electron chi connectivity index (χ2n) is 6.32. The van der Waals surface area contributed by atoms with E-state index in [1.165, 1.54) is 5.39 Å². The molecule has 0 radical (unpaired) electrons. The molecule has 2 aromatic rings. The summed E-state index contributed by atoms with van der Waals surface area (Å²) in [4.78, 5) is 19.8. The number of fused-ring (bicyclic) bond motifs is 1. The van der Waals surface area contributed by atoms with Gasteiger partial charge in [0.05, 0.1) is 6.54 Å². The number of likely N-dealkylation sites (N-methyl/N-ethyl adjacent to an activating group) is 1. The van der Waals surface area contributed by atoms with Crippen molar-refractivity contribution in [2.75, 3.05) is 33.7 Å². The number of amides is 1. The van der Waals surface area contributed by atoms with Crippen LogP contribution in [-0.4, -0.2) is 60.5 Å². The summed E-state index contributed by atoms with van der Waals surface area (Å²) in [7, 11) is 4.20. The first-order chi connectivity index (χ1) is 10.6. The van der Waals surface area contributed by atoms with Gasteiger partial charge in [0.25, 0.3) is 0 Å². The summed E-state index contributed by atoms with van der Waals surface area (Å²) in [6, 6.07) is 8.85. The topological polar surface area (TPSA) is 51.4 Å². The number of aromatic nitrogens is 1. The Balaban J connectivity index is 1.48. The highest BCUT2D eigenvalue weighted by Crippen LogP contribution is 2.14. The van der Waals surface area contributed by atoms with E-state index in [1.807, 2.05) is 12.3 Å². The molecule has 1 aliphatic rings. The quantitative estimate of drug-likeness (QED) is 0.878. The highest BCUT2D eigenvalue weighted by atomic mass is 16.2. The smallest absolute Gasteiger partial charge is 0.234 e. The SMILES string of the molecule is CN(C)[C@H]1CCN(CC(=O)NCc2ccc3cc[nH]c3c2)C1. The molecule has 1 amide bonds. The van der Waals surface area contributed by atoms with Crippen LogP contribution >= 0.6 is 0 Å². The van der Waals surface area contributed by atoms with Gasteiger partial charge in [0.2, 0.25) is 5.91 Å². The fourth-order valence-electron chi connectivity index (χ4n) is 3.04. The van der Waals surface area contributed by atoms with Crippen molar-refractivity contribution in [2.45, 2.75) is 19.0 Å². The molecule has 1 aromatic heterocycles. The maximum atomic E-state index is 12.1. The average Bonchev–Trinajstić information content (AvgIpc) is 3.13. The Bertz CT molecular complexity index is 649. The average molecular weight is 300 g/mol. The van der Waals surface area contributed by atoms with Crippen LogP contribution in [0.3, 0.4) is 0 Å². The number of hydrogen-bond donors (Lipinski definition) is 2. The van der Waals surface area contributed by atoms with Crippen molar-refractivity contribution in [3.63, 3.8) is 0 Å². The van der Waals surface area contributed by atoms with Crippen molar-refractivity contribution in [1.29, 1.82) is 0 Å². The molecule has 5 nitrogen and oxygen atoms in total. The molecule has 0 saturated carbocycles. The molecule has 5 heteroatoms. The summed E-state index contributed by atoms with van der Waals surface area (Å²) in [5, 5.41) is 4.21. The maximum Gasteiger partial charge on any atom is 0.234 e. The minimum absolute atomic E-state index is 0.103. The largest absolute Gasteiger partial charge is 0.361 e. The lowest BCUT2D eigenvalue weighted by Gasteiger charge is -2.20. The standard InChI is InChI=1S/C17H24N4O/c1-20(2)15-6-8-21(11-15)12-17(22)19-10-13-3-4-14-5-7-18-16(14)9-13/h3-5,7,9,15,18H,6,8,10-12H2,1-2H3,(H,19,22)/t15-/m0/s1. The normalized spacial score (nSPS) is 19.1. The fourth-order valence-corrected chi connectivity index (χ4v) is 3.04. The number of nitrogens with one attached hydrogen (secondary N) is 2. The number of benzene rings is 1. The van der Waals surface area contributed by atoms with Gasteiger partial charge in [0.1, 0.15) is 0 Å². The number of carbonyl (C=O) groups is 1. The van der Waals surface area contributed by atoms with Crippen LogP contribution in [0.15, 0.2) is 30.5 Å². The maximum absolute atomic E-state index is 12.1. The van der Waals surface area contributed by atoms with Gasteiger partial charge >= 0.3 is 0 Å². The van der Waals surface area contributed by atoms with E-state index >= 15 is 0 Å². The number of rotatable bonds is 5. The van der Waals surface area contributed by atoms with Gasteiger partial charge in [0.15, 0.2) is 0 Å². The predicted molar refractivity (Wildman–Crippen MR) is 88.7 cm³/mol. The highest BCUT2D eigenvalue weighted by Gasteiger charge is 2.24. The van der Waals surface area contributed by atoms with Gasteiger partial charge in [-0.3, -0.25) is 9.69 Å². The van der Waals surface area contributed by atoms with E-state index in [2.05, 4.69) is 52.4 Å². The molecule has 1 aliphatic heterocycles. The first kappa shape index (κ1) is 15.1. The molecular formula is C17H24N4O. The van der Waals surface area contributed by atoms with Gasteiger partial charge in [-0.15, -0.1) is 0 Å². The lowest BCUT2D eigenvalue weighted by atomic mass is 10.1. The number of aromatic amines is 1. The zero-order chi connectivity index (χ0) is 15.5. The Morgan fingerprint density at radius 2 is 2.27 bits per heavy atom. The van der Waals surface area contributed by atoms with Gasteiger partial charge in [0, 0.05) is 37.4 Å². The Morgan fingerprint density at radius 1 is 1.41 bits per heavy atom. The lowest BCUT2D eigenvalue weighted by Crippen LogP contribution is -2.38. The number of hydrogen-bond acceptors (Lipinski definition) is 3. The third-order valence-electron chi connectivity index (χ3n) is 4.45. The Hall–Kier alpha value is -1.85. The Labute approximate surface area is 131 Å². The zero-order valence-corrected chi connectivity index (χ0v) is 13.3. The van der Waals surface area contributed by atoms with Crippen LogP contribution in [-0.2, 0) is 11.3 Å². The molecule has 0 bridgehead atoms. The van der Waals surface area contributed by atoms with Crippen LogP contribution in [0.25, 0.3) is 10.9 Å². The van der Waals surface area contributed by atoms with E-state index in [4.69, 9.17) is 0 Å². The molecule has 0 unspecified atom stereocenters. The molecule has 118 valence electrons. The van der Waals surface area contributed by atoms with Crippen molar-refractivity contribution in [2.24, 2.45) is 0 Å². The monoisotopic (exact) mass is 300 g/mol. The summed E-state index contributed by atoms with van der Waals surface area (Å²) >= 11 is 0. The second kappa shape index (κ2) is 6.50. The van der Waals surface area contributed by atoms with Crippen LogP contribution in [0, 0.1) is 0 Å². The first-order valence-electron chi connectivity index (χ1n) is 7.83. The van der Waals surface area contributed by atoms with E-state index < -0.39 is 0 Å². The molecule has 1 saturated heterocycles. The van der Waals surface area contributed by atoms with E-state index in [0.717, 1.165) is 30.6 Å². The second-order valence-corrected chi connectivity index (χ2v) is 6.32. The van der Waals surface area contributed by atoms with Crippen molar-refractivity contribution >= 4 is 16.8 Å². The van der Waals surface area contributed by atoms with E-state index in [1.54, 1.807) is 0 Å². The summed E-state index contributed by atoms with van der Waals surface area (Å²) in [5.41, 5.74) is 2.23. The molecule has 1 aromatic carbocycles. The molecule has 2 N–H and O–H groups in total. The highest BCUT2D eigenvalue weighted by molar-refractivity contribution is 5.80. The van der Waals surface area contributed by atoms with Crippen LogP contribution in [0.2, 0.25) is 0 Å². The molecule has 3 rings (SSSR count). The lowest BCUT2D eigenvalue weighted by molar-refractivity contribution is -0.122. The van der Waals surface area contributed by atoms with Gasteiger partial charge in [-0.25, -0.2) is 0 Å². The van der Waals surface area contributed by atoms with Crippen LogP contribution in [0.5, 0.6) is 0 Å². The van der Waals surface area contributed by atoms with E-state index in [-0.39, 0.29) is 5.91 Å². The van der Waals surface area contributed by atoms with Crippen LogP contribution < -0.4 is 5.32 Å². The minimum atomic E-state index is 0.103. The Morgan fingerprint density at radius 3 is 3.05 bits per heavy atom. The number of carbonyl (C=O) groups excluding carboxylic acids is 1. The van der Waals surface area contributed by atoms with E-state index in [9.17, 15) is 4.79 Å². The minimum Gasteiger partial charge on any atom is -0.361 e. The molecule has 0 aliphatic carbocycles. The van der Waals surface area contributed by atoms with Crippen molar-refractivity contribution in [3.8, 4) is 0 Å². The van der Waals surface area contributed by atoms with Gasteiger partial charge < -0.3 is 15.2 Å². The third-order valence-corrected chi connectivity index (χ3v) is 4.45. The van der Waals surface area contributed by atoms with Crippen molar-refractivity contribution in [1.82, 2.24) is 20.1 Å². The number of H-pyrrole nitrogens is 1. The van der Waals surface area contributed by atoms with Crippen LogP contribution in [0.1, 0.15) is 12.0 Å². The van der Waals surface area contributed by atoms with Crippen molar-refractivity contribution in [3.05, 3.63) is 36.0 Å². The molecule has 22 heavy (non-hydrogen) atoms. The molecule has 0 spiro atoms. The fraction of sp³-hybridized carbons (Fsp3) is 0.471. The number of likely N-dealkylation sites (tertiary alicyclic amines) is 1. The molecule has 2 heterocycles. The van der Waals surface area contributed by atoms with E-state index in [0.29, 0.717) is 19.1 Å². The van der Waals surface area contributed by atoms with Crippen LogP contribution in [0.4, 0.5) is 0 Å². The Kier molecular flexibility index (Phi) is 4.45. The van der Waals surface area contributed by atoms with Gasteiger partial charge in [-0.2, -0.15) is 0 Å². The summed E-state index contributed by atoms with van der Waals surface area (Å²) in [6.07, 6.45) is 3.07. The van der Waals surface area contributed by atoms with Gasteiger partial charge in [-0.05, 0) is 43.6 Å². The summed E-state index contributed by atoms with van der Waals surface area (Å²) in [5.74, 6) is 0.103. The summed E-state index contributed by atoms with van der Waals surface area (Å²) < 4.78 is 0. The zero-order valence-electron chi connectivity index (χ0n) is 13.3. The summed E-state index contributed by atoms with van der Waals surface area (Å²) in [6.45, 7) is 3.06. The predicted octanol–water partition coefficient (Wildman–Crippen LogP) is 1.42. The third kappa shape index (κ3) is 3.48. The first-order valence-corrected chi connectivity index (χ1v) is 7.83. The molecule has 1 atom stereocenters. The van der Waals surface area contributed by atoms with Crippen molar-refractivity contribution < 1.29 is 4.79 Å². The number of nitrogens with zero attached hydrogens (tertiary/aromatic N) is 2. The van der Waals surface area contributed by atoms with Gasteiger partial charge in [-0.1, -0.05) is 12.1 Å². The molecular weight excluding hydrogens is 276 g/mol. The molecule has 1 fully saturated rings.